The van der Waals surface area contributed by atoms with E-state index < -0.39 is 18.4 Å². The lowest BCUT2D eigenvalue weighted by Crippen LogP contribution is -2.33. The van der Waals surface area contributed by atoms with E-state index in [4.69, 9.17) is 66.5 Å². The van der Waals surface area contributed by atoms with Crippen LogP contribution in [0.2, 0.25) is 0 Å². The fourth-order valence-corrected chi connectivity index (χ4v) is 46.7. The highest BCUT2D eigenvalue weighted by Gasteiger charge is 2.54. The maximum absolute atomic E-state index is 6.45. The first kappa shape index (κ1) is 23.9. The lowest BCUT2D eigenvalue weighted by molar-refractivity contribution is 0.813. The van der Waals surface area contributed by atoms with Gasteiger partial charge in [-0.3, -0.25) is 0 Å². The topological polar surface area (TPSA) is 0 Å². The van der Waals surface area contributed by atoms with Crippen molar-refractivity contribution in [3.8, 4) is 0 Å². The second-order valence-electron chi connectivity index (χ2n) is 6.78. The normalized spacial score (nSPS) is 13.7. The van der Waals surface area contributed by atoms with E-state index in [-0.39, 0.29) is 11.8 Å². The third-order valence-electron chi connectivity index (χ3n) is 3.83. The van der Waals surface area contributed by atoms with E-state index in [1.54, 1.807) is 0 Å². The van der Waals surface area contributed by atoms with Crippen molar-refractivity contribution in [1.82, 2.24) is 0 Å². The second kappa shape index (κ2) is 8.88. The summed E-state index contributed by atoms with van der Waals surface area (Å²) in [5, 5.41) is 1.03. The average Bonchev–Trinajstić information content (AvgIpc) is 2.34. The van der Waals surface area contributed by atoms with Crippen LogP contribution in [0.5, 0.6) is 0 Å². The van der Waals surface area contributed by atoms with Crippen LogP contribution in [0.1, 0.15) is 76.0 Å². The van der Waals surface area contributed by atoms with Crippen molar-refractivity contribution in [3.63, 3.8) is 0 Å². The van der Waals surface area contributed by atoms with Crippen molar-refractivity contribution < 1.29 is 0 Å². The van der Waals surface area contributed by atoms with Gasteiger partial charge >= 0.3 is 11.3 Å². The largest absolute Gasteiger partial charge is 0.369 e. The van der Waals surface area contributed by atoms with Crippen LogP contribution in [0.25, 0.3) is 0 Å². The first-order valence-electron chi connectivity index (χ1n) is 7.79. The van der Waals surface area contributed by atoms with Crippen molar-refractivity contribution >= 4 is 90.1 Å². The molecule has 0 saturated heterocycles. The Hall–Kier alpha value is 1.82. The van der Waals surface area contributed by atoms with Gasteiger partial charge in [0, 0.05) is 0 Å². The SMILES string of the molecule is CC(C)c1cc(C(C)C)c(P([Si](Cl)(Cl)Cl)[Si](Cl)(Cl)Cl)c(C(C)C)c1. The number of hydrogen-bond acceptors (Lipinski definition) is 0. The molecule has 0 aromatic heterocycles. The highest BCUT2D eigenvalue weighted by atomic mass is 35.9. The molecule has 24 heavy (non-hydrogen) atoms. The number of hydrogen-bond donors (Lipinski definition) is 0. The molecular weight excluding hydrogens is 480 g/mol. The van der Waals surface area contributed by atoms with Crippen LogP contribution in [0, 0.1) is 0 Å². The van der Waals surface area contributed by atoms with E-state index in [1.165, 1.54) is 5.56 Å². The van der Waals surface area contributed by atoms with Crippen LogP contribution in [-0.2, 0) is 0 Å². The molecule has 0 bridgehead atoms. The molecule has 138 valence electrons. The van der Waals surface area contributed by atoms with Gasteiger partial charge < -0.3 is 0 Å². The van der Waals surface area contributed by atoms with E-state index in [1.807, 2.05) is 0 Å². The molecule has 0 heterocycles. The van der Waals surface area contributed by atoms with Crippen LogP contribution in [-0.4, -0.2) is 11.3 Å². The van der Waals surface area contributed by atoms with Crippen LogP contribution in [0.15, 0.2) is 12.1 Å². The molecule has 0 amide bonds. The van der Waals surface area contributed by atoms with Gasteiger partial charge in [-0.15, -0.1) is 66.5 Å². The molecule has 1 rings (SSSR count). The lowest BCUT2D eigenvalue weighted by atomic mass is 9.89. The van der Waals surface area contributed by atoms with Gasteiger partial charge in [-0.2, -0.15) is 0 Å². The molecule has 0 spiro atoms. The minimum Gasteiger partial charge on any atom is -0.121 e. The predicted molar refractivity (Wildman–Crippen MR) is 122 cm³/mol. The number of benzene rings is 1. The molecule has 0 radical (unpaired) electrons. The first-order chi connectivity index (χ1) is 10.7. The van der Waals surface area contributed by atoms with Gasteiger partial charge in [0.15, 0.2) is 0 Å². The average molecular weight is 503 g/mol. The van der Waals surface area contributed by atoms with E-state index in [2.05, 4.69) is 53.7 Å². The zero-order valence-electron chi connectivity index (χ0n) is 14.6. The van der Waals surface area contributed by atoms with Crippen LogP contribution in [0.3, 0.4) is 0 Å². The third-order valence-corrected chi connectivity index (χ3v) is 33.0. The van der Waals surface area contributed by atoms with Gasteiger partial charge in [0.2, 0.25) is 0 Å². The molecule has 0 aliphatic heterocycles. The number of halogens is 6. The maximum atomic E-state index is 6.45. The minimum atomic E-state index is -3.21. The summed E-state index contributed by atoms with van der Waals surface area (Å²) in [4.78, 5) is 0. The van der Waals surface area contributed by atoms with Crippen molar-refractivity contribution in [2.75, 3.05) is 0 Å². The summed E-state index contributed by atoms with van der Waals surface area (Å²) in [5.74, 6) is 0.947. The van der Waals surface area contributed by atoms with Gasteiger partial charge in [0.25, 0.3) is 0 Å². The highest BCUT2D eigenvalue weighted by molar-refractivity contribution is 8.46. The summed E-state index contributed by atoms with van der Waals surface area (Å²) in [6, 6.07) is 4.42. The molecular formula is C15H23Cl6PSi2. The Morgan fingerprint density at radius 1 is 0.667 bits per heavy atom. The summed E-state index contributed by atoms with van der Waals surface area (Å²) >= 11 is 38.7. The van der Waals surface area contributed by atoms with Crippen LogP contribution < -0.4 is 5.30 Å². The second-order valence-corrected chi connectivity index (χ2v) is 36.3. The highest BCUT2D eigenvalue weighted by Crippen LogP contribution is 2.65. The third kappa shape index (κ3) is 5.91. The summed E-state index contributed by atoms with van der Waals surface area (Å²) in [6.07, 6.45) is 0. The first-order valence-corrected chi connectivity index (χ1v) is 20.9. The molecule has 0 aliphatic rings. The van der Waals surface area contributed by atoms with E-state index in [0.29, 0.717) is 5.92 Å². The standard InChI is InChI=1S/C15H23Cl6PSi2/c1-9(2)12-7-13(10(3)4)15(14(8-12)11(5)6)22(23(16,17)18)24(19,20)21/h7-11H,1-6H3. The Balaban J connectivity index is 3.88. The molecule has 0 N–H and O–H groups in total. The molecule has 0 fully saturated rings. The van der Waals surface area contributed by atoms with Crippen molar-refractivity contribution in [1.29, 1.82) is 0 Å². The Morgan fingerprint density at radius 3 is 1.21 bits per heavy atom. The molecule has 1 aromatic carbocycles. The molecule has 0 unspecified atom stereocenters. The van der Waals surface area contributed by atoms with Crippen molar-refractivity contribution in [2.45, 2.75) is 59.3 Å². The molecule has 9 heteroatoms. The van der Waals surface area contributed by atoms with Crippen molar-refractivity contribution in [3.05, 3.63) is 28.8 Å². The number of rotatable bonds is 6. The fourth-order valence-electron chi connectivity index (χ4n) is 2.57. The van der Waals surface area contributed by atoms with Crippen LogP contribution in [0.4, 0.5) is 0 Å². The van der Waals surface area contributed by atoms with Gasteiger partial charge in [0.1, 0.15) is 0 Å². The quantitative estimate of drug-likeness (QED) is 0.208. The van der Waals surface area contributed by atoms with E-state index >= 15 is 0 Å². The van der Waals surface area contributed by atoms with E-state index in [0.717, 1.165) is 16.4 Å². The summed E-state index contributed by atoms with van der Waals surface area (Å²) in [5.41, 5.74) is -2.83. The van der Waals surface area contributed by atoms with Gasteiger partial charge in [-0.1, -0.05) is 53.7 Å². The minimum absolute atomic E-state index is 0.267. The Labute approximate surface area is 177 Å². The van der Waals surface area contributed by atoms with Gasteiger partial charge in [-0.05, 0) is 46.8 Å². The molecule has 1 aromatic rings. The Morgan fingerprint density at radius 2 is 1.00 bits per heavy atom. The van der Waals surface area contributed by atoms with Crippen LogP contribution >= 0.6 is 73.5 Å². The smallest absolute Gasteiger partial charge is 0.121 e. The van der Waals surface area contributed by atoms with Gasteiger partial charge in [0.05, 0.1) is 0 Å². The summed E-state index contributed by atoms with van der Waals surface area (Å²) in [7, 11) is -1.41. The monoisotopic (exact) mass is 500 g/mol. The van der Waals surface area contributed by atoms with Crippen molar-refractivity contribution in [2.24, 2.45) is 0 Å². The molecule has 0 nitrogen and oxygen atoms in total. The Kier molecular flexibility index (Phi) is 8.83. The predicted octanol–water partition coefficient (Wildman–Crippen LogP) is 8.47. The summed E-state index contributed by atoms with van der Waals surface area (Å²) < 4.78 is 0. The van der Waals surface area contributed by atoms with E-state index in [9.17, 15) is 0 Å². The lowest BCUT2D eigenvalue weighted by Gasteiger charge is -2.34. The molecule has 0 atom stereocenters. The summed E-state index contributed by atoms with van der Waals surface area (Å²) in [6.45, 7) is 12.9. The maximum Gasteiger partial charge on any atom is 0.369 e. The molecule has 0 aliphatic carbocycles. The fraction of sp³-hybridized carbons (Fsp3) is 0.600. The zero-order valence-corrected chi connectivity index (χ0v) is 22.0. The Bertz CT molecular complexity index is 535. The zero-order chi connectivity index (χ0) is 19.0. The van der Waals surface area contributed by atoms with Gasteiger partial charge in [-0.25, -0.2) is 0 Å². The molecule has 0 saturated carbocycles.